The number of halogens is 1. The van der Waals surface area contributed by atoms with E-state index in [1.165, 1.54) is 0 Å². The highest BCUT2D eigenvalue weighted by Crippen LogP contribution is 2.31. The number of nitrogens with one attached hydrogen (secondary N) is 1. The van der Waals surface area contributed by atoms with Crippen molar-refractivity contribution in [2.24, 2.45) is 0 Å². The Morgan fingerprint density at radius 3 is 2.31 bits per heavy atom. The Bertz CT molecular complexity index is 1250. The summed E-state index contributed by atoms with van der Waals surface area (Å²) in [6, 6.07) is 24.5. The highest BCUT2D eigenvalue weighted by molar-refractivity contribution is 6.30. The molecular weight excluding hydrogens is 508 g/mol. The third-order valence-electron chi connectivity index (χ3n) is 7.26. The first kappa shape index (κ1) is 28.7. The van der Waals surface area contributed by atoms with E-state index in [4.69, 9.17) is 16.3 Å². The molecule has 1 aliphatic carbocycles. The average Bonchev–Trinajstić information content (AvgIpc) is 3.42. The quantitative estimate of drug-likeness (QED) is 0.307. The number of para-hydroxylation sites is 1. The topological polar surface area (TPSA) is 58.6 Å². The summed E-state index contributed by atoms with van der Waals surface area (Å²) in [5.74, 6) is 0.300. The van der Waals surface area contributed by atoms with Gasteiger partial charge in [-0.3, -0.25) is 9.59 Å². The summed E-state index contributed by atoms with van der Waals surface area (Å²) in [7, 11) is 0. The number of carbonyl (C=O) groups excluding carboxylic acids is 2. The summed E-state index contributed by atoms with van der Waals surface area (Å²) in [5.41, 5.74) is 2.74. The van der Waals surface area contributed by atoms with Gasteiger partial charge in [0.05, 0.1) is 0 Å². The molecule has 0 heterocycles. The van der Waals surface area contributed by atoms with Gasteiger partial charge in [-0.25, -0.2) is 0 Å². The van der Waals surface area contributed by atoms with Gasteiger partial charge in [0, 0.05) is 24.0 Å². The van der Waals surface area contributed by atoms with E-state index in [2.05, 4.69) is 26.1 Å². The lowest BCUT2D eigenvalue weighted by molar-refractivity contribution is -0.143. The first-order valence-corrected chi connectivity index (χ1v) is 14.2. The first-order valence-electron chi connectivity index (χ1n) is 13.8. The first-order chi connectivity index (χ1) is 18.7. The van der Waals surface area contributed by atoms with E-state index in [1.54, 1.807) is 11.0 Å². The van der Waals surface area contributed by atoms with Crippen molar-refractivity contribution in [3.8, 4) is 5.75 Å². The van der Waals surface area contributed by atoms with Crippen molar-refractivity contribution in [3.63, 3.8) is 0 Å². The van der Waals surface area contributed by atoms with Crippen LogP contribution < -0.4 is 10.1 Å². The smallest absolute Gasteiger partial charge is 0.261 e. The molecule has 39 heavy (non-hydrogen) atoms. The van der Waals surface area contributed by atoms with Gasteiger partial charge in [0.2, 0.25) is 5.91 Å². The second-order valence-corrected chi connectivity index (χ2v) is 11.8. The Kier molecular flexibility index (Phi) is 9.68. The Morgan fingerprint density at radius 2 is 1.62 bits per heavy atom. The van der Waals surface area contributed by atoms with Crippen LogP contribution in [0.2, 0.25) is 5.02 Å². The Morgan fingerprint density at radius 1 is 0.949 bits per heavy atom. The summed E-state index contributed by atoms with van der Waals surface area (Å²) in [6.45, 7) is 6.43. The fraction of sp³-hybridized carbons (Fsp3) is 0.394. The minimum atomic E-state index is -0.694. The number of nitrogens with zero attached hydrogens (tertiary/aromatic N) is 1. The maximum atomic E-state index is 13.9. The monoisotopic (exact) mass is 546 g/mol. The van der Waals surface area contributed by atoms with Crippen LogP contribution in [0.25, 0.3) is 0 Å². The van der Waals surface area contributed by atoms with E-state index >= 15 is 0 Å². The number of rotatable bonds is 10. The fourth-order valence-corrected chi connectivity index (χ4v) is 5.40. The molecule has 2 amide bonds. The van der Waals surface area contributed by atoms with E-state index in [9.17, 15) is 9.59 Å². The third kappa shape index (κ3) is 8.09. The summed E-state index contributed by atoms with van der Waals surface area (Å²) in [6.07, 6.45) is 4.57. The maximum Gasteiger partial charge on any atom is 0.261 e. The van der Waals surface area contributed by atoms with Crippen molar-refractivity contribution in [2.75, 3.05) is 6.61 Å². The van der Waals surface area contributed by atoms with Gasteiger partial charge in [0.1, 0.15) is 11.8 Å². The van der Waals surface area contributed by atoms with Gasteiger partial charge in [-0.15, -0.1) is 0 Å². The number of ether oxygens (including phenoxy) is 1. The maximum absolute atomic E-state index is 13.9. The molecule has 0 radical (unpaired) electrons. The molecule has 1 saturated carbocycles. The van der Waals surface area contributed by atoms with Gasteiger partial charge < -0.3 is 15.0 Å². The molecule has 0 saturated heterocycles. The molecule has 6 heteroatoms. The Hall–Kier alpha value is -3.31. The van der Waals surface area contributed by atoms with Gasteiger partial charge in [0.25, 0.3) is 5.91 Å². The SMILES string of the molecule is CC(C)(C)c1ccccc1OCC(=O)N(Cc1cccc(Cl)c1)[C@@H](Cc1ccccc1)C(=O)NC1CCCC1. The van der Waals surface area contributed by atoms with Gasteiger partial charge in [-0.05, 0) is 53.1 Å². The van der Waals surface area contributed by atoms with Crippen molar-refractivity contribution in [1.29, 1.82) is 0 Å². The van der Waals surface area contributed by atoms with E-state index in [1.807, 2.05) is 72.8 Å². The number of hydrogen-bond donors (Lipinski definition) is 1. The van der Waals surface area contributed by atoms with Gasteiger partial charge in [0.15, 0.2) is 6.61 Å². The molecule has 4 rings (SSSR count). The predicted octanol–water partition coefficient (Wildman–Crippen LogP) is 6.72. The molecule has 1 N–H and O–H groups in total. The molecule has 1 fully saturated rings. The zero-order valence-electron chi connectivity index (χ0n) is 23.2. The molecule has 0 unspecified atom stereocenters. The molecule has 0 aromatic heterocycles. The molecule has 0 spiro atoms. The molecule has 1 aliphatic rings. The zero-order valence-corrected chi connectivity index (χ0v) is 23.9. The summed E-state index contributed by atoms with van der Waals surface area (Å²) in [4.78, 5) is 29.4. The molecule has 0 aliphatic heterocycles. The van der Waals surface area contributed by atoms with Crippen LogP contribution in [0.15, 0.2) is 78.9 Å². The van der Waals surface area contributed by atoms with Crippen LogP contribution in [-0.2, 0) is 28.0 Å². The normalized spacial score (nSPS) is 14.6. The van der Waals surface area contributed by atoms with Gasteiger partial charge in [-0.1, -0.05) is 106 Å². The van der Waals surface area contributed by atoms with Crippen LogP contribution in [0.4, 0.5) is 0 Å². The van der Waals surface area contributed by atoms with E-state index < -0.39 is 6.04 Å². The Balaban J connectivity index is 1.64. The molecule has 0 bridgehead atoms. The lowest BCUT2D eigenvalue weighted by atomic mass is 9.86. The Labute approximate surface area is 237 Å². The van der Waals surface area contributed by atoms with Crippen molar-refractivity contribution in [2.45, 2.75) is 76.9 Å². The van der Waals surface area contributed by atoms with Crippen molar-refractivity contribution < 1.29 is 14.3 Å². The molecule has 5 nitrogen and oxygen atoms in total. The largest absolute Gasteiger partial charge is 0.483 e. The fourth-order valence-electron chi connectivity index (χ4n) is 5.19. The third-order valence-corrected chi connectivity index (χ3v) is 7.50. The van der Waals surface area contributed by atoms with Crippen LogP contribution in [-0.4, -0.2) is 35.4 Å². The van der Waals surface area contributed by atoms with E-state index in [-0.39, 0.29) is 36.4 Å². The minimum absolute atomic E-state index is 0.128. The number of hydrogen-bond acceptors (Lipinski definition) is 3. The van der Waals surface area contributed by atoms with Crippen molar-refractivity contribution in [3.05, 3.63) is 101 Å². The molecular formula is C33H39ClN2O3. The van der Waals surface area contributed by atoms with Crippen LogP contribution in [0.5, 0.6) is 5.75 Å². The van der Waals surface area contributed by atoms with Crippen molar-refractivity contribution >= 4 is 23.4 Å². The molecule has 206 valence electrons. The van der Waals surface area contributed by atoms with Crippen LogP contribution >= 0.6 is 11.6 Å². The molecule has 3 aromatic carbocycles. The van der Waals surface area contributed by atoms with Crippen LogP contribution in [0.3, 0.4) is 0 Å². The number of amides is 2. The van der Waals surface area contributed by atoms with Crippen molar-refractivity contribution in [1.82, 2.24) is 10.2 Å². The lowest BCUT2D eigenvalue weighted by Gasteiger charge is -2.32. The average molecular weight is 547 g/mol. The summed E-state index contributed by atoms with van der Waals surface area (Å²) < 4.78 is 6.13. The van der Waals surface area contributed by atoms with Gasteiger partial charge in [-0.2, -0.15) is 0 Å². The number of carbonyl (C=O) groups is 2. The van der Waals surface area contributed by atoms with Crippen LogP contribution in [0.1, 0.15) is 63.1 Å². The summed E-state index contributed by atoms with van der Waals surface area (Å²) in [5, 5.41) is 3.82. The lowest BCUT2D eigenvalue weighted by Crippen LogP contribution is -2.53. The minimum Gasteiger partial charge on any atom is -0.483 e. The predicted molar refractivity (Wildman–Crippen MR) is 157 cm³/mol. The summed E-state index contributed by atoms with van der Waals surface area (Å²) >= 11 is 6.29. The van der Waals surface area contributed by atoms with Gasteiger partial charge >= 0.3 is 0 Å². The van der Waals surface area contributed by atoms with Crippen LogP contribution in [0, 0.1) is 0 Å². The zero-order chi connectivity index (χ0) is 27.8. The highest BCUT2D eigenvalue weighted by Gasteiger charge is 2.32. The molecule has 1 atom stereocenters. The second kappa shape index (κ2) is 13.2. The second-order valence-electron chi connectivity index (χ2n) is 11.4. The highest BCUT2D eigenvalue weighted by atomic mass is 35.5. The molecule has 3 aromatic rings. The van der Waals surface area contributed by atoms with E-state index in [0.29, 0.717) is 17.2 Å². The standard InChI is InChI=1S/C33H39ClN2O3/c1-33(2,3)28-18-9-10-19-30(28)39-23-31(37)36(22-25-14-11-15-26(34)20-25)29(21-24-12-5-4-6-13-24)32(38)35-27-16-7-8-17-27/h4-6,9-15,18-20,27,29H,7-8,16-17,21-23H2,1-3H3,(H,35,38)/t29-/m0/s1. The number of benzene rings is 3. The van der Waals surface area contributed by atoms with E-state index in [0.717, 1.165) is 42.4 Å².